The van der Waals surface area contributed by atoms with E-state index in [4.69, 9.17) is 14.3 Å². The van der Waals surface area contributed by atoms with Crippen LogP contribution in [0.15, 0.2) is 65.1 Å². The molecule has 0 bridgehead atoms. The van der Waals surface area contributed by atoms with E-state index in [1.54, 1.807) is 17.0 Å². The molecule has 8 heteroatoms. The van der Waals surface area contributed by atoms with E-state index >= 15 is 0 Å². The molecule has 1 saturated heterocycles. The Bertz CT molecular complexity index is 1210. The lowest BCUT2D eigenvalue weighted by molar-refractivity contribution is -0.143. The molecule has 2 N–H and O–H groups in total. The van der Waals surface area contributed by atoms with Gasteiger partial charge in [-0.3, -0.25) is 9.59 Å². The number of aliphatic carboxylic acids is 1. The van der Waals surface area contributed by atoms with Crippen LogP contribution in [-0.4, -0.2) is 47.7 Å². The normalized spacial score (nSPS) is 15.4. The number of carboxylic acids is 1. The maximum atomic E-state index is 12.7. The molecular formula is C27H26N2O6. The first-order valence-corrected chi connectivity index (χ1v) is 11.7. The molecule has 35 heavy (non-hydrogen) atoms. The molecule has 0 unspecified atom stereocenters. The van der Waals surface area contributed by atoms with Crippen molar-refractivity contribution in [3.63, 3.8) is 0 Å². The minimum atomic E-state index is -0.823. The van der Waals surface area contributed by atoms with Crippen molar-refractivity contribution in [3.8, 4) is 11.1 Å². The number of fused-ring (bicyclic) bond motifs is 3. The summed E-state index contributed by atoms with van der Waals surface area (Å²) in [5, 5.41) is 11.8. The molecule has 1 aliphatic carbocycles. The Morgan fingerprint density at radius 2 is 1.57 bits per heavy atom. The number of carboxylic acid groups (broad SMARTS) is 1. The number of nitrogens with zero attached hydrogens (tertiary/aromatic N) is 1. The Kier molecular flexibility index (Phi) is 6.27. The van der Waals surface area contributed by atoms with Gasteiger partial charge in [-0.25, -0.2) is 4.79 Å². The van der Waals surface area contributed by atoms with Gasteiger partial charge in [-0.05, 0) is 47.2 Å². The fourth-order valence-electron chi connectivity index (χ4n) is 4.88. The van der Waals surface area contributed by atoms with Gasteiger partial charge in [0, 0.05) is 19.0 Å². The molecule has 2 aromatic carbocycles. The van der Waals surface area contributed by atoms with Crippen molar-refractivity contribution < 1.29 is 28.6 Å². The van der Waals surface area contributed by atoms with Gasteiger partial charge in [0.25, 0.3) is 5.91 Å². The summed E-state index contributed by atoms with van der Waals surface area (Å²) in [6, 6.07) is 19.5. The first kappa shape index (κ1) is 22.7. The van der Waals surface area contributed by atoms with Crippen LogP contribution in [0.25, 0.3) is 11.1 Å². The number of hydrogen-bond acceptors (Lipinski definition) is 5. The Labute approximate surface area is 202 Å². The van der Waals surface area contributed by atoms with E-state index in [2.05, 4.69) is 29.6 Å². The van der Waals surface area contributed by atoms with E-state index in [-0.39, 0.29) is 30.7 Å². The number of hydrogen-bond donors (Lipinski definition) is 2. The van der Waals surface area contributed by atoms with Gasteiger partial charge in [-0.15, -0.1) is 0 Å². The van der Waals surface area contributed by atoms with E-state index in [9.17, 15) is 14.4 Å². The Morgan fingerprint density at radius 1 is 0.943 bits per heavy atom. The molecule has 0 saturated carbocycles. The molecule has 0 spiro atoms. The van der Waals surface area contributed by atoms with Crippen molar-refractivity contribution in [2.75, 3.05) is 19.7 Å². The van der Waals surface area contributed by atoms with E-state index in [1.165, 1.54) is 0 Å². The summed E-state index contributed by atoms with van der Waals surface area (Å²) in [4.78, 5) is 37.7. The summed E-state index contributed by atoms with van der Waals surface area (Å²) >= 11 is 0. The van der Waals surface area contributed by atoms with Crippen LogP contribution >= 0.6 is 0 Å². The molecule has 2 heterocycles. The van der Waals surface area contributed by atoms with Crippen LogP contribution in [0.3, 0.4) is 0 Å². The third kappa shape index (κ3) is 4.64. The van der Waals surface area contributed by atoms with Gasteiger partial charge in [0.15, 0.2) is 5.76 Å². The van der Waals surface area contributed by atoms with E-state index in [0.29, 0.717) is 31.7 Å². The van der Waals surface area contributed by atoms with Crippen LogP contribution in [0.4, 0.5) is 4.79 Å². The fraction of sp³-hybridized carbons (Fsp3) is 0.296. The third-order valence-electron chi connectivity index (χ3n) is 6.75. The van der Waals surface area contributed by atoms with Gasteiger partial charge < -0.3 is 24.5 Å². The molecule has 0 radical (unpaired) electrons. The number of nitrogens with one attached hydrogen (secondary N) is 1. The van der Waals surface area contributed by atoms with Gasteiger partial charge in [-0.1, -0.05) is 48.5 Å². The van der Waals surface area contributed by atoms with Crippen molar-refractivity contribution in [1.82, 2.24) is 10.2 Å². The highest BCUT2D eigenvalue weighted by molar-refractivity contribution is 5.91. The number of carbonyl (C=O) groups excluding carboxylic acids is 2. The SMILES string of the molecule is O=C(NCc1ccc(C(=O)N2CCC(C(=O)O)CC2)o1)OCC1c2ccccc2-c2ccccc21. The molecule has 5 rings (SSSR count). The van der Waals surface area contributed by atoms with Crippen LogP contribution in [0, 0.1) is 5.92 Å². The smallest absolute Gasteiger partial charge is 0.407 e. The molecule has 3 aromatic rings. The summed E-state index contributed by atoms with van der Waals surface area (Å²) in [6.07, 6.45) is 0.294. The average Bonchev–Trinajstić information content (AvgIpc) is 3.49. The van der Waals surface area contributed by atoms with Crippen molar-refractivity contribution in [3.05, 3.63) is 83.3 Å². The minimum Gasteiger partial charge on any atom is -0.481 e. The fourth-order valence-corrected chi connectivity index (χ4v) is 4.88. The molecule has 2 aliphatic rings. The van der Waals surface area contributed by atoms with Crippen LogP contribution < -0.4 is 5.32 Å². The summed E-state index contributed by atoms with van der Waals surface area (Å²) in [5.74, 6) is -0.929. The lowest BCUT2D eigenvalue weighted by Crippen LogP contribution is -2.40. The van der Waals surface area contributed by atoms with Gasteiger partial charge >= 0.3 is 12.1 Å². The highest BCUT2D eigenvalue weighted by Gasteiger charge is 2.30. The zero-order chi connectivity index (χ0) is 24.4. The molecular weight excluding hydrogens is 448 g/mol. The second kappa shape index (κ2) is 9.66. The summed E-state index contributed by atoms with van der Waals surface area (Å²) in [7, 11) is 0. The standard InChI is InChI=1S/C27H26N2O6/c30-25(29-13-11-17(12-14-29)26(31)32)24-10-9-18(35-24)15-28-27(33)34-16-23-21-7-3-1-5-19(21)20-6-2-4-8-22(20)23/h1-10,17,23H,11-16H2,(H,28,33)(H,31,32). The highest BCUT2D eigenvalue weighted by atomic mass is 16.5. The van der Waals surface area contributed by atoms with Crippen molar-refractivity contribution in [2.45, 2.75) is 25.3 Å². The molecule has 2 amide bonds. The molecule has 0 atom stereocenters. The largest absolute Gasteiger partial charge is 0.481 e. The van der Waals surface area contributed by atoms with E-state index in [0.717, 1.165) is 22.3 Å². The Balaban J connectivity index is 1.13. The van der Waals surface area contributed by atoms with Gasteiger partial charge in [0.1, 0.15) is 12.4 Å². The van der Waals surface area contributed by atoms with Crippen LogP contribution in [0.5, 0.6) is 0 Å². The number of carbonyl (C=O) groups is 3. The topological polar surface area (TPSA) is 109 Å². The Morgan fingerprint density at radius 3 is 2.20 bits per heavy atom. The number of rotatable bonds is 6. The zero-order valence-electron chi connectivity index (χ0n) is 19.1. The maximum Gasteiger partial charge on any atom is 0.407 e. The highest BCUT2D eigenvalue weighted by Crippen LogP contribution is 2.44. The van der Waals surface area contributed by atoms with Crippen LogP contribution in [0.1, 0.15) is 46.2 Å². The molecule has 1 fully saturated rings. The lowest BCUT2D eigenvalue weighted by Gasteiger charge is -2.29. The lowest BCUT2D eigenvalue weighted by atomic mass is 9.97. The number of ether oxygens (including phenoxy) is 1. The zero-order valence-corrected chi connectivity index (χ0v) is 19.1. The first-order chi connectivity index (χ1) is 17.0. The number of furan rings is 1. The van der Waals surface area contributed by atoms with Crippen molar-refractivity contribution >= 4 is 18.0 Å². The summed E-state index contributed by atoms with van der Waals surface area (Å²) in [6.45, 7) is 1.06. The summed E-state index contributed by atoms with van der Waals surface area (Å²) in [5.41, 5.74) is 4.61. The molecule has 180 valence electrons. The maximum absolute atomic E-state index is 12.7. The van der Waals surface area contributed by atoms with E-state index in [1.807, 2.05) is 24.3 Å². The number of piperidine rings is 1. The molecule has 8 nitrogen and oxygen atoms in total. The predicted octanol–water partition coefficient (Wildman–Crippen LogP) is 4.26. The van der Waals surface area contributed by atoms with Crippen molar-refractivity contribution in [1.29, 1.82) is 0 Å². The first-order valence-electron chi connectivity index (χ1n) is 11.7. The van der Waals surface area contributed by atoms with Crippen LogP contribution in [0.2, 0.25) is 0 Å². The summed E-state index contributed by atoms with van der Waals surface area (Å²) < 4.78 is 11.1. The van der Waals surface area contributed by atoms with Crippen molar-refractivity contribution in [2.24, 2.45) is 5.92 Å². The number of benzene rings is 2. The van der Waals surface area contributed by atoms with Gasteiger partial charge in [0.05, 0.1) is 12.5 Å². The average molecular weight is 475 g/mol. The second-order valence-corrected chi connectivity index (χ2v) is 8.85. The van der Waals surface area contributed by atoms with Crippen LogP contribution in [-0.2, 0) is 16.1 Å². The monoisotopic (exact) mass is 474 g/mol. The number of likely N-dealkylation sites (tertiary alicyclic amines) is 1. The van der Waals surface area contributed by atoms with Gasteiger partial charge in [-0.2, -0.15) is 0 Å². The van der Waals surface area contributed by atoms with E-state index < -0.39 is 18.0 Å². The third-order valence-corrected chi connectivity index (χ3v) is 6.75. The Hall–Kier alpha value is -4.07. The predicted molar refractivity (Wildman–Crippen MR) is 127 cm³/mol. The van der Waals surface area contributed by atoms with Gasteiger partial charge in [0.2, 0.25) is 0 Å². The number of alkyl carbamates (subject to hydrolysis) is 1. The number of amides is 2. The second-order valence-electron chi connectivity index (χ2n) is 8.85. The molecule has 1 aliphatic heterocycles. The molecule has 1 aromatic heterocycles. The minimum absolute atomic E-state index is 0.0220. The quantitative estimate of drug-likeness (QED) is 0.553.